The fraction of sp³-hybridized carbons (Fsp3) is 0.625. The maximum atomic E-state index is 12.0. The molecule has 1 saturated carbocycles. The molecule has 1 aliphatic carbocycles. The number of fused-ring (bicyclic) bond motifs is 1. The molecule has 23 heavy (non-hydrogen) atoms. The maximum Gasteiger partial charge on any atom is 0.407 e. The minimum atomic E-state index is -0.479. The SMILES string of the molecule is CC(C)(C)OC(=O)N[C@@H]1CCC[C@H](c2nnc3ncccn23)C1. The molecule has 0 aliphatic heterocycles. The first-order valence-electron chi connectivity index (χ1n) is 8.07. The predicted octanol–water partition coefficient (Wildman–Crippen LogP) is 2.68. The second kappa shape index (κ2) is 6.14. The fourth-order valence-corrected chi connectivity index (χ4v) is 3.07. The monoisotopic (exact) mass is 317 g/mol. The van der Waals surface area contributed by atoms with Gasteiger partial charge in [-0.1, -0.05) is 6.42 Å². The first-order valence-corrected chi connectivity index (χ1v) is 8.07. The quantitative estimate of drug-likeness (QED) is 0.921. The molecule has 2 aromatic rings. The number of carbonyl (C=O) groups is 1. The molecule has 1 fully saturated rings. The molecule has 1 amide bonds. The van der Waals surface area contributed by atoms with E-state index in [-0.39, 0.29) is 18.1 Å². The lowest BCUT2D eigenvalue weighted by molar-refractivity contribution is 0.0490. The van der Waals surface area contributed by atoms with Crippen molar-refractivity contribution in [2.24, 2.45) is 0 Å². The molecule has 0 bridgehead atoms. The topological polar surface area (TPSA) is 81.4 Å². The van der Waals surface area contributed by atoms with Crippen LogP contribution in [-0.4, -0.2) is 37.3 Å². The second-order valence-electron chi connectivity index (χ2n) is 7.05. The van der Waals surface area contributed by atoms with Crippen LogP contribution in [0.2, 0.25) is 0 Å². The number of aromatic nitrogens is 4. The number of ether oxygens (including phenoxy) is 1. The molecular weight excluding hydrogens is 294 g/mol. The third kappa shape index (κ3) is 3.78. The zero-order chi connectivity index (χ0) is 16.4. The van der Waals surface area contributed by atoms with E-state index in [1.807, 2.05) is 37.4 Å². The Bertz CT molecular complexity index is 691. The minimum Gasteiger partial charge on any atom is -0.444 e. The zero-order valence-electron chi connectivity index (χ0n) is 13.8. The van der Waals surface area contributed by atoms with Crippen molar-refractivity contribution in [2.45, 2.75) is 64.0 Å². The van der Waals surface area contributed by atoms with Crippen LogP contribution in [0, 0.1) is 0 Å². The number of hydrogen-bond donors (Lipinski definition) is 1. The van der Waals surface area contributed by atoms with Gasteiger partial charge in [0.1, 0.15) is 11.4 Å². The van der Waals surface area contributed by atoms with Crippen LogP contribution in [0.3, 0.4) is 0 Å². The Balaban J connectivity index is 1.68. The Kier molecular flexibility index (Phi) is 4.19. The number of carbonyl (C=O) groups excluding carboxylic acids is 1. The van der Waals surface area contributed by atoms with E-state index in [2.05, 4.69) is 20.5 Å². The van der Waals surface area contributed by atoms with Crippen LogP contribution in [0.15, 0.2) is 18.5 Å². The van der Waals surface area contributed by atoms with Crippen LogP contribution in [0.4, 0.5) is 4.79 Å². The molecule has 0 saturated heterocycles. The van der Waals surface area contributed by atoms with Gasteiger partial charge in [-0.25, -0.2) is 9.78 Å². The van der Waals surface area contributed by atoms with E-state index in [1.54, 1.807) is 6.20 Å². The highest BCUT2D eigenvalue weighted by Crippen LogP contribution is 2.32. The van der Waals surface area contributed by atoms with Gasteiger partial charge in [0.05, 0.1) is 0 Å². The molecule has 2 atom stereocenters. The number of hydrogen-bond acceptors (Lipinski definition) is 5. The summed E-state index contributed by atoms with van der Waals surface area (Å²) in [5.74, 6) is 1.80. The van der Waals surface area contributed by atoms with E-state index in [4.69, 9.17) is 4.74 Å². The normalized spacial score (nSPS) is 22.0. The van der Waals surface area contributed by atoms with E-state index < -0.39 is 5.60 Å². The molecule has 1 aliphatic rings. The highest BCUT2D eigenvalue weighted by molar-refractivity contribution is 5.68. The zero-order valence-corrected chi connectivity index (χ0v) is 13.8. The second-order valence-corrected chi connectivity index (χ2v) is 7.05. The van der Waals surface area contributed by atoms with Crippen LogP contribution in [0.25, 0.3) is 5.78 Å². The van der Waals surface area contributed by atoms with Crippen molar-refractivity contribution in [1.82, 2.24) is 24.9 Å². The molecule has 7 nitrogen and oxygen atoms in total. The van der Waals surface area contributed by atoms with Crippen molar-refractivity contribution < 1.29 is 9.53 Å². The van der Waals surface area contributed by atoms with Gasteiger partial charge in [0.2, 0.25) is 0 Å². The Labute approximate surface area is 135 Å². The van der Waals surface area contributed by atoms with Crippen molar-refractivity contribution in [1.29, 1.82) is 0 Å². The lowest BCUT2D eigenvalue weighted by Gasteiger charge is -2.29. The molecule has 0 radical (unpaired) electrons. The predicted molar refractivity (Wildman–Crippen MR) is 85.1 cm³/mol. The van der Waals surface area contributed by atoms with E-state index in [1.165, 1.54) is 0 Å². The molecule has 0 unspecified atom stereocenters. The first-order chi connectivity index (χ1) is 10.9. The summed E-state index contributed by atoms with van der Waals surface area (Å²) in [6, 6.07) is 1.98. The summed E-state index contributed by atoms with van der Waals surface area (Å²) >= 11 is 0. The van der Waals surface area contributed by atoms with Crippen LogP contribution < -0.4 is 5.32 Å². The van der Waals surface area contributed by atoms with Crippen molar-refractivity contribution in [2.75, 3.05) is 0 Å². The third-order valence-corrected chi connectivity index (χ3v) is 3.98. The molecule has 124 valence electrons. The number of nitrogens with one attached hydrogen (secondary N) is 1. The van der Waals surface area contributed by atoms with Crippen LogP contribution >= 0.6 is 0 Å². The Hall–Kier alpha value is -2.18. The average Bonchev–Trinajstić information content (AvgIpc) is 2.89. The molecule has 2 aromatic heterocycles. The Morgan fingerprint density at radius 1 is 1.35 bits per heavy atom. The standard InChI is InChI=1S/C16H23N5O2/c1-16(2,3)23-15(22)18-12-7-4-6-11(10-12)13-19-20-14-17-8-5-9-21(13)14/h5,8-9,11-12H,4,6-7,10H2,1-3H3,(H,18,22)/t11-,12+/m0/s1. The summed E-state index contributed by atoms with van der Waals surface area (Å²) < 4.78 is 7.27. The van der Waals surface area contributed by atoms with Gasteiger partial charge in [0, 0.05) is 24.4 Å². The van der Waals surface area contributed by atoms with Crippen molar-refractivity contribution >= 4 is 11.9 Å². The summed E-state index contributed by atoms with van der Waals surface area (Å²) in [5, 5.41) is 11.4. The fourth-order valence-electron chi connectivity index (χ4n) is 3.07. The van der Waals surface area contributed by atoms with E-state index in [9.17, 15) is 4.79 Å². The van der Waals surface area contributed by atoms with Gasteiger partial charge in [-0.15, -0.1) is 10.2 Å². The van der Waals surface area contributed by atoms with Crippen molar-refractivity contribution in [3.8, 4) is 0 Å². The summed E-state index contributed by atoms with van der Waals surface area (Å²) in [6.45, 7) is 5.60. The molecule has 7 heteroatoms. The lowest BCUT2D eigenvalue weighted by atomic mass is 9.85. The third-order valence-electron chi connectivity index (χ3n) is 3.98. The van der Waals surface area contributed by atoms with Crippen LogP contribution in [0.1, 0.15) is 58.2 Å². The summed E-state index contributed by atoms with van der Waals surface area (Å²) in [7, 11) is 0. The van der Waals surface area contributed by atoms with Crippen molar-refractivity contribution in [3.63, 3.8) is 0 Å². The van der Waals surface area contributed by atoms with E-state index in [0.717, 1.165) is 31.5 Å². The van der Waals surface area contributed by atoms with Gasteiger partial charge in [-0.2, -0.15) is 0 Å². The van der Waals surface area contributed by atoms with Gasteiger partial charge in [-0.3, -0.25) is 4.40 Å². The summed E-state index contributed by atoms with van der Waals surface area (Å²) in [6.07, 6.45) is 7.18. The van der Waals surface area contributed by atoms with E-state index >= 15 is 0 Å². The Morgan fingerprint density at radius 3 is 2.96 bits per heavy atom. The highest BCUT2D eigenvalue weighted by Gasteiger charge is 2.29. The number of alkyl carbamates (subject to hydrolysis) is 1. The van der Waals surface area contributed by atoms with Gasteiger partial charge in [-0.05, 0) is 46.1 Å². The van der Waals surface area contributed by atoms with Crippen LogP contribution in [0.5, 0.6) is 0 Å². The van der Waals surface area contributed by atoms with Gasteiger partial charge in [0.15, 0.2) is 0 Å². The average molecular weight is 317 g/mol. The molecule has 0 spiro atoms. The largest absolute Gasteiger partial charge is 0.444 e. The molecule has 1 N–H and O–H groups in total. The van der Waals surface area contributed by atoms with Gasteiger partial charge in [0.25, 0.3) is 5.78 Å². The molecule has 2 heterocycles. The van der Waals surface area contributed by atoms with Crippen molar-refractivity contribution in [3.05, 3.63) is 24.3 Å². The van der Waals surface area contributed by atoms with Gasteiger partial charge >= 0.3 is 6.09 Å². The lowest BCUT2D eigenvalue weighted by Crippen LogP contribution is -2.41. The number of rotatable bonds is 2. The Morgan fingerprint density at radius 2 is 2.17 bits per heavy atom. The smallest absolute Gasteiger partial charge is 0.407 e. The summed E-state index contributed by atoms with van der Waals surface area (Å²) in [5.41, 5.74) is -0.479. The molecule has 0 aromatic carbocycles. The number of amides is 1. The van der Waals surface area contributed by atoms with E-state index in [0.29, 0.717) is 5.78 Å². The number of nitrogens with zero attached hydrogens (tertiary/aromatic N) is 4. The maximum absolute atomic E-state index is 12.0. The molecular formula is C16H23N5O2. The molecule has 3 rings (SSSR count). The summed E-state index contributed by atoms with van der Waals surface area (Å²) in [4.78, 5) is 16.2. The van der Waals surface area contributed by atoms with Gasteiger partial charge < -0.3 is 10.1 Å². The first kappa shape index (κ1) is 15.7. The minimum absolute atomic E-state index is 0.104. The van der Waals surface area contributed by atoms with Crippen LogP contribution in [-0.2, 0) is 4.74 Å². The highest BCUT2D eigenvalue weighted by atomic mass is 16.6.